The smallest absolute Gasteiger partial charge is 0.111 e. The first-order valence-electron chi connectivity index (χ1n) is 10.9. The number of oxime groups is 2. The lowest BCUT2D eigenvalue weighted by atomic mass is 9.46. The van der Waals surface area contributed by atoms with Crippen LogP contribution in [-0.4, -0.2) is 36.4 Å². The summed E-state index contributed by atoms with van der Waals surface area (Å²) in [7, 11) is 3.20. The Balaban J connectivity index is 1.65. The molecule has 0 aromatic rings. The molecule has 0 aromatic carbocycles. The van der Waals surface area contributed by atoms with E-state index in [1.165, 1.54) is 19.3 Å². The van der Waals surface area contributed by atoms with Crippen LogP contribution < -0.4 is 0 Å². The zero-order chi connectivity index (χ0) is 20.2. The molecule has 0 aliphatic heterocycles. The third-order valence-corrected chi connectivity index (χ3v) is 9.16. The van der Waals surface area contributed by atoms with E-state index in [2.05, 4.69) is 30.2 Å². The van der Waals surface area contributed by atoms with Crippen molar-refractivity contribution in [1.82, 2.24) is 0 Å². The first-order valence-corrected chi connectivity index (χ1v) is 10.9. The average Bonchev–Trinajstić information content (AvgIpc) is 2.95. The van der Waals surface area contributed by atoms with Gasteiger partial charge in [-0.1, -0.05) is 29.7 Å². The van der Waals surface area contributed by atoms with Gasteiger partial charge in [-0.3, -0.25) is 0 Å². The zero-order valence-electron chi connectivity index (χ0n) is 18.1. The monoisotopic (exact) mass is 388 g/mol. The summed E-state index contributed by atoms with van der Waals surface area (Å²) in [5.41, 5.74) is 2.75. The molecule has 3 fully saturated rings. The molecule has 0 bridgehead atoms. The van der Waals surface area contributed by atoms with Gasteiger partial charge < -0.3 is 14.8 Å². The van der Waals surface area contributed by atoms with Gasteiger partial charge in [0.05, 0.1) is 11.4 Å². The van der Waals surface area contributed by atoms with Crippen LogP contribution in [0, 0.1) is 28.6 Å². The normalized spacial score (nSPS) is 47.1. The second kappa shape index (κ2) is 6.86. The van der Waals surface area contributed by atoms with Crippen molar-refractivity contribution in [2.75, 3.05) is 14.2 Å². The van der Waals surface area contributed by atoms with Crippen molar-refractivity contribution in [2.24, 2.45) is 38.9 Å². The van der Waals surface area contributed by atoms with Crippen molar-refractivity contribution in [2.45, 2.75) is 77.7 Å². The van der Waals surface area contributed by atoms with Crippen LogP contribution in [0.5, 0.6) is 0 Å². The minimum absolute atomic E-state index is 0.102. The molecule has 0 aromatic heterocycles. The highest BCUT2D eigenvalue weighted by Gasteiger charge is 2.64. The highest BCUT2D eigenvalue weighted by Crippen LogP contribution is 2.67. The van der Waals surface area contributed by atoms with Gasteiger partial charge in [0.15, 0.2) is 0 Å². The lowest BCUT2D eigenvalue weighted by Gasteiger charge is -2.59. The third-order valence-electron chi connectivity index (χ3n) is 9.16. The predicted octanol–water partition coefficient (Wildman–Crippen LogP) is 4.71. The second-order valence-corrected chi connectivity index (χ2v) is 9.98. The highest BCUT2D eigenvalue weighted by atomic mass is 16.6. The van der Waals surface area contributed by atoms with Crippen molar-refractivity contribution >= 4 is 11.4 Å². The quantitative estimate of drug-likeness (QED) is 0.563. The van der Waals surface area contributed by atoms with Gasteiger partial charge in [0.1, 0.15) is 19.8 Å². The summed E-state index contributed by atoms with van der Waals surface area (Å²) in [4.78, 5) is 10.1. The van der Waals surface area contributed by atoms with E-state index >= 15 is 0 Å². The summed E-state index contributed by atoms with van der Waals surface area (Å²) in [5, 5.41) is 20.0. The molecular weight excluding hydrogens is 352 g/mol. The molecule has 156 valence electrons. The Hall–Kier alpha value is -1.36. The maximum atomic E-state index is 11.7. The number of aliphatic hydroxyl groups is 1. The Morgan fingerprint density at radius 2 is 1.79 bits per heavy atom. The molecule has 6 atom stereocenters. The molecule has 0 heterocycles. The topological polar surface area (TPSA) is 63.4 Å². The molecule has 5 heteroatoms. The van der Waals surface area contributed by atoms with Crippen LogP contribution in [0.4, 0.5) is 0 Å². The number of nitrogens with zero attached hydrogens (tertiary/aromatic N) is 2. The largest absolute Gasteiger partial charge is 0.399 e. The Morgan fingerprint density at radius 1 is 1.04 bits per heavy atom. The highest BCUT2D eigenvalue weighted by molar-refractivity contribution is 5.96. The first-order chi connectivity index (χ1) is 13.3. The molecule has 4 rings (SSSR count). The lowest BCUT2D eigenvalue weighted by molar-refractivity contribution is -0.0954. The van der Waals surface area contributed by atoms with E-state index in [0.29, 0.717) is 17.8 Å². The Morgan fingerprint density at radius 3 is 2.50 bits per heavy atom. The van der Waals surface area contributed by atoms with Crippen LogP contribution in [0.15, 0.2) is 22.0 Å². The van der Waals surface area contributed by atoms with E-state index in [0.717, 1.165) is 43.5 Å². The van der Waals surface area contributed by atoms with Gasteiger partial charge in [-0.2, -0.15) is 0 Å². The molecular formula is C23H36N2O3. The molecule has 5 nitrogen and oxygen atoms in total. The van der Waals surface area contributed by atoms with Crippen LogP contribution in [0.2, 0.25) is 0 Å². The lowest BCUT2D eigenvalue weighted by Crippen LogP contribution is -2.57. The van der Waals surface area contributed by atoms with E-state index in [-0.39, 0.29) is 10.8 Å². The number of fused-ring (bicyclic) bond motifs is 5. The van der Waals surface area contributed by atoms with E-state index in [1.807, 2.05) is 6.92 Å². The predicted molar refractivity (Wildman–Crippen MR) is 111 cm³/mol. The Labute approximate surface area is 169 Å². The molecule has 28 heavy (non-hydrogen) atoms. The van der Waals surface area contributed by atoms with Gasteiger partial charge in [0, 0.05) is 5.41 Å². The number of rotatable bonds is 3. The summed E-state index contributed by atoms with van der Waals surface area (Å²) < 4.78 is 0. The number of hydrogen-bond donors (Lipinski definition) is 1. The fourth-order valence-corrected chi connectivity index (χ4v) is 7.58. The second-order valence-electron chi connectivity index (χ2n) is 9.98. The van der Waals surface area contributed by atoms with Crippen LogP contribution in [0.25, 0.3) is 0 Å². The van der Waals surface area contributed by atoms with Crippen molar-refractivity contribution in [1.29, 1.82) is 0 Å². The third kappa shape index (κ3) is 2.61. The SMILES string of the molecule is CO/N=C1\C=C2CC[C@@H]3[C@H](CC[C@@]4(C)[C@H]3CC[C@]4(O)/C(C)=N/OC)[C@@]2(C)CC1. The van der Waals surface area contributed by atoms with Gasteiger partial charge in [-0.25, -0.2) is 0 Å². The summed E-state index contributed by atoms with van der Waals surface area (Å²) >= 11 is 0. The van der Waals surface area contributed by atoms with E-state index in [4.69, 9.17) is 9.68 Å². The zero-order valence-corrected chi connectivity index (χ0v) is 18.1. The van der Waals surface area contributed by atoms with Crippen LogP contribution >= 0.6 is 0 Å². The van der Waals surface area contributed by atoms with E-state index in [9.17, 15) is 5.11 Å². The fourth-order valence-electron chi connectivity index (χ4n) is 7.58. The van der Waals surface area contributed by atoms with E-state index in [1.54, 1.807) is 19.8 Å². The molecule has 0 amide bonds. The maximum Gasteiger partial charge on any atom is 0.111 e. The van der Waals surface area contributed by atoms with Crippen LogP contribution in [-0.2, 0) is 9.68 Å². The fraction of sp³-hybridized carbons (Fsp3) is 0.826. The minimum Gasteiger partial charge on any atom is -0.399 e. The number of hydrogen-bond acceptors (Lipinski definition) is 5. The van der Waals surface area contributed by atoms with Crippen LogP contribution in [0.1, 0.15) is 72.1 Å². The molecule has 4 aliphatic carbocycles. The van der Waals surface area contributed by atoms with Crippen LogP contribution in [0.3, 0.4) is 0 Å². The van der Waals surface area contributed by atoms with Crippen molar-refractivity contribution in [3.8, 4) is 0 Å². The minimum atomic E-state index is -0.833. The summed E-state index contributed by atoms with van der Waals surface area (Å²) in [6, 6.07) is 0. The standard InChI is InChI=1S/C23H36N2O3/c1-15(24-27-4)23(26)13-10-20-18-7-6-16-14-17(25-28-5)8-11-21(16,2)19(18)9-12-22(20,23)3/h14,18-20,26H,6-13H2,1-5H3/b24-15+,25-17-/t18-,19+,20+,21+,22+,23+/m1/s1. The summed E-state index contributed by atoms with van der Waals surface area (Å²) in [6.45, 7) is 6.73. The van der Waals surface area contributed by atoms with E-state index < -0.39 is 5.60 Å². The van der Waals surface area contributed by atoms with Gasteiger partial charge in [-0.15, -0.1) is 0 Å². The molecule has 3 saturated carbocycles. The van der Waals surface area contributed by atoms with Gasteiger partial charge in [0.2, 0.25) is 0 Å². The maximum absolute atomic E-state index is 11.7. The summed E-state index contributed by atoms with van der Waals surface area (Å²) in [5.74, 6) is 1.95. The van der Waals surface area contributed by atoms with Crippen molar-refractivity contribution < 1.29 is 14.8 Å². The van der Waals surface area contributed by atoms with Crippen molar-refractivity contribution in [3.63, 3.8) is 0 Å². The molecule has 0 unspecified atom stereocenters. The molecule has 0 radical (unpaired) electrons. The molecule has 0 spiro atoms. The molecule has 0 saturated heterocycles. The van der Waals surface area contributed by atoms with Gasteiger partial charge in [-0.05, 0) is 87.5 Å². The average molecular weight is 389 g/mol. The summed E-state index contributed by atoms with van der Waals surface area (Å²) in [6.07, 6.45) is 11.0. The first kappa shape index (κ1) is 19.9. The Kier molecular flexibility index (Phi) is 4.88. The van der Waals surface area contributed by atoms with Crippen molar-refractivity contribution in [3.05, 3.63) is 11.6 Å². The van der Waals surface area contributed by atoms with Gasteiger partial charge in [0.25, 0.3) is 0 Å². The Bertz CT molecular complexity index is 729. The molecule has 4 aliphatic rings. The number of allylic oxidation sites excluding steroid dienone is 2. The van der Waals surface area contributed by atoms with Gasteiger partial charge >= 0.3 is 0 Å². The molecule has 1 N–H and O–H groups in total.